The second kappa shape index (κ2) is 5.40. The van der Waals surface area contributed by atoms with E-state index in [9.17, 15) is 8.78 Å². The third-order valence-corrected chi connectivity index (χ3v) is 2.97. The normalized spacial score (nSPS) is 14.4. The molecule has 0 aliphatic carbocycles. The van der Waals surface area contributed by atoms with Crippen LogP contribution in [-0.2, 0) is 7.05 Å². The van der Waals surface area contributed by atoms with Gasteiger partial charge >= 0.3 is 0 Å². The molecule has 1 aromatic carbocycles. The molecule has 5 nitrogen and oxygen atoms in total. The summed E-state index contributed by atoms with van der Waals surface area (Å²) in [7, 11) is 1.71. The van der Waals surface area contributed by atoms with Gasteiger partial charge in [-0.3, -0.25) is 0 Å². The molecule has 0 saturated heterocycles. The summed E-state index contributed by atoms with van der Waals surface area (Å²) in [6, 6.07) is 3.11. The fourth-order valence-electron chi connectivity index (χ4n) is 2.06. The Kier molecular flexibility index (Phi) is 3.84. The van der Waals surface area contributed by atoms with Crippen molar-refractivity contribution in [2.75, 3.05) is 0 Å². The van der Waals surface area contributed by atoms with Crippen LogP contribution in [0.5, 0.6) is 0 Å². The number of hydrogen-bond acceptors (Lipinski definition) is 4. The molecule has 1 aromatic heterocycles. The van der Waals surface area contributed by atoms with Crippen molar-refractivity contribution in [1.29, 1.82) is 0 Å². The van der Waals surface area contributed by atoms with Crippen molar-refractivity contribution in [2.24, 2.45) is 7.05 Å². The van der Waals surface area contributed by atoms with Crippen LogP contribution in [0.4, 0.5) is 8.78 Å². The minimum atomic E-state index is -0.566. The predicted molar refractivity (Wildman–Crippen MR) is 65.1 cm³/mol. The Balaban J connectivity index is 2.18. The molecule has 102 valence electrons. The van der Waals surface area contributed by atoms with Gasteiger partial charge in [-0.2, -0.15) is 0 Å². The van der Waals surface area contributed by atoms with Crippen molar-refractivity contribution in [2.45, 2.75) is 25.9 Å². The van der Waals surface area contributed by atoms with Crippen LogP contribution in [0, 0.1) is 11.6 Å². The predicted octanol–water partition coefficient (Wildman–Crippen LogP) is 1.90. The summed E-state index contributed by atoms with van der Waals surface area (Å²) in [5, 5.41) is 14.2. The van der Waals surface area contributed by atoms with Crippen LogP contribution in [0.15, 0.2) is 18.2 Å². The van der Waals surface area contributed by atoms with Gasteiger partial charge in [-0.05, 0) is 36.4 Å². The number of aryl methyl sites for hydroxylation is 1. The second-order valence-corrected chi connectivity index (χ2v) is 4.41. The lowest BCUT2D eigenvalue weighted by Crippen LogP contribution is -2.26. The smallest absolute Gasteiger partial charge is 0.167 e. The summed E-state index contributed by atoms with van der Waals surface area (Å²) in [6.45, 7) is 3.53. The maximum atomic E-state index is 13.6. The van der Waals surface area contributed by atoms with Gasteiger partial charge < -0.3 is 5.32 Å². The summed E-state index contributed by atoms with van der Waals surface area (Å²) >= 11 is 0. The monoisotopic (exact) mass is 267 g/mol. The van der Waals surface area contributed by atoms with Gasteiger partial charge in [0.05, 0.1) is 6.04 Å². The molecule has 2 rings (SSSR count). The summed E-state index contributed by atoms with van der Waals surface area (Å²) < 4.78 is 28.8. The van der Waals surface area contributed by atoms with Crippen molar-refractivity contribution in [3.8, 4) is 0 Å². The van der Waals surface area contributed by atoms with Gasteiger partial charge in [0, 0.05) is 18.7 Å². The molecular formula is C12H15F2N5. The molecule has 19 heavy (non-hydrogen) atoms. The molecule has 0 aliphatic rings. The van der Waals surface area contributed by atoms with E-state index in [4.69, 9.17) is 0 Å². The zero-order valence-electron chi connectivity index (χ0n) is 10.9. The van der Waals surface area contributed by atoms with E-state index in [-0.39, 0.29) is 11.6 Å². The molecule has 0 aliphatic heterocycles. The standard InChI is InChI=1S/C12H15F2N5/c1-7(11-9(13)5-4-6-10(11)14)15-8(2)12-16-17-18-19(12)3/h4-8,15H,1-3H3. The molecule has 0 amide bonds. The lowest BCUT2D eigenvalue weighted by molar-refractivity contribution is 0.430. The molecule has 0 bridgehead atoms. The first-order valence-electron chi connectivity index (χ1n) is 5.93. The number of tetrazole rings is 1. The van der Waals surface area contributed by atoms with Crippen LogP contribution >= 0.6 is 0 Å². The molecule has 0 radical (unpaired) electrons. The van der Waals surface area contributed by atoms with Crippen LogP contribution in [0.3, 0.4) is 0 Å². The van der Waals surface area contributed by atoms with Crippen molar-refractivity contribution in [1.82, 2.24) is 25.5 Å². The average Bonchev–Trinajstić information content (AvgIpc) is 2.75. The molecule has 0 saturated carbocycles. The van der Waals surface area contributed by atoms with Crippen molar-refractivity contribution in [3.05, 3.63) is 41.2 Å². The Morgan fingerprint density at radius 2 is 1.79 bits per heavy atom. The molecule has 7 heteroatoms. The van der Waals surface area contributed by atoms with E-state index < -0.39 is 17.7 Å². The van der Waals surface area contributed by atoms with Gasteiger partial charge in [0.2, 0.25) is 0 Å². The number of nitrogens with zero attached hydrogens (tertiary/aromatic N) is 4. The van der Waals surface area contributed by atoms with E-state index in [1.807, 2.05) is 6.92 Å². The average molecular weight is 267 g/mol. The minimum Gasteiger partial charge on any atom is -0.301 e. The third-order valence-electron chi connectivity index (χ3n) is 2.97. The first-order valence-corrected chi connectivity index (χ1v) is 5.93. The largest absolute Gasteiger partial charge is 0.301 e. The number of benzene rings is 1. The zero-order valence-corrected chi connectivity index (χ0v) is 10.9. The molecule has 0 fully saturated rings. The van der Waals surface area contributed by atoms with Crippen LogP contribution in [0.2, 0.25) is 0 Å². The maximum Gasteiger partial charge on any atom is 0.167 e. The Morgan fingerprint density at radius 3 is 2.32 bits per heavy atom. The van der Waals surface area contributed by atoms with Crippen molar-refractivity contribution >= 4 is 0 Å². The molecule has 0 spiro atoms. The quantitative estimate of drug-likeness (QED) is 0.919. The SMILES string of the molecule is CC(NC(C)c1nnnn1C)c1c(F)cccc1F. The van der Waals surface area contributed by atoms with Crippen LogP contribution < -0.4 is 5.32 Å². The fraction of sp³-hybridized carbons (Fsp3) is 0.417. The van der Waals surface area contributed by atoms with Gasteiger partial charge in [0.15, 0.2) is 5.82 Å². The number of rotatable bonds is 4. The second-order valence-electron chi connectivity index (χ2n) is 4.41. The molecule has 2 atom stereocenters. The highest BCUT2D eigenvalue weighted by Gasteiger charge is 2.20. The third kappa shape index (κ3) is 2.76. The van der Waals surface area contributed by atoms with Gasteiger partial charge in [0.1, 0.15) is 11.6 Å². The van der Waals surface area contributed by atoms with Gasteiger partial charge in [-0.15, -0.1) is 5.10 Å². The lowest BCUT2D eigenvalue weighted by atomic mass is 10.1. The Morgan fingerprint density at radius 1 is 1.16 bits per heavy atom. The Bertz CT molecular complexity index is 549. The summed E-state index contributed by atoms with van der Waals surface area (Å²) in [6.07, 6.45) is 0. The van der Waals surface area contributed by atoms with Crippen LogP contribution in [0.1, 0.15) is 37.3 Å². The fourth-order valence-corrected chi connectivity index (χ4v) is 2.06. The first kappa shape index (κ1) is 13.5. The van der Waals surface area contributed by atoms with E-state index in [0.29, 0.717) is 5.82 Å². The Hall–Kier alpha value is -1.89. The van der Waals surface area contributed by atoms with E-state index in [2.05, 4.69) is 20.8 Å². The number of aromatic nitrogens is 4. The summed E-state index contributed by atoms with van der Waals surface area (Å²) in [5.41, 5.74) is 0.0180. The van der Waals surface area contributed by atoms with Crippen molar-refractivity contribution in [3.63, 3.8) is 0 Å². The number of hydrogen-bond donors (Lipinski definition) is 1. The summed E-state index contributed by atoms with van der Waals surface area (Å²) in [4.78, 5) is 0. The highest BCUT2D eigenvalue weighted by Crippen LogP contribution is 2.22. The zero-order chi connectivity index (χ0) is 14.0. The van der Waals surface area contributed by atoms with Crippen LogP contribution in [0.25, 0.3) is 0 Å². The van der Waals surface area contributed by atoms with Gasteiger partial charge in [0.25, 0.3) is 0 Å². The van der Waals surface area contributed by atoms with E-state index in [1.54, 1.807) is 14.0 Å². The van der Waals surface area contributed by atoms with E-state index in [0.717, 1.165) is 0 Å². The lowest BCUT2D eigenvalue weighted by Gasteiger charge is -2.20. The highest BCUT2D eigenvalue weighted by atomic mass is 19.1. The molecule has 2 aromatic rings. The minimum absolute atomic E-state index is 0.0180. The maximum absolute atomic E-state index is 13.6. The number of nitrogens with one attached hydrogen (secondary N) is 1. The molecule has 1 heterocycles. The van der Waals surface area contributed by atoms with E-state index >= 15 is 0 Å². The first-order chi connectivity index (χ1) is 9.00. The van der Waals surface area contributed by atoms with Crippen LogP contribution in [-0.4, -0.2) is 20.2 Å². The molecule has 2 unspecified atom stereocenters. The molecule has 1 N–H and O–H groups in total. The Labute approximate surface area is 109 Å². The number of halogens is 2. The van der Waals surface area contributed by atoms with Gasteiger partial charge in [-0.25, -0.2) is 13.5 Å². The topological polar surface area (TPSA) is 55.6 Å². The summed E-state index contributed by atoms with van der Waals surface area (Å²) in [5.74, 6) is -0.532. The van der Waals surface area contributed by atoms with Crippen molar-refractivity contribution < 1.29 is 8.78 Å². The molecular weight excluding hydrogens is 252 g/mol. The van der Waals surface area contributed by atoms with Gasteiger partial charge in [-0.1, -0.05) is 6.07 Å². The highest BCUT2D eigenvalue weighted by molar-refractivity contribution is 5.23. The van der Waals surface area contributed by atoms with E-state index in [1.165, 1.54) is 22.9 Å².